The minimum absolute atomic E-state index is 0.115. The van der Waals surface area contributed by atoms with Gasteiger partial charge in [-0.05, 0) is 75.6 Å². The molecule has 2 bridgehead atoms. The van der Waals surface area contributed by atoms with Crippen molar-refractivity contribution >= 4 is 21.6 Å². The number of fused-ring (bicyclic) bond motifs is 4. The van der Waals surface area contributed by atoms with E-state index >= 15 is 0 Å². The van der Waals surface area contributed by atoms with E-state index in [-0.39, 0.29) is 34.9 Å². The van der Waals surface area contributed by atoms with Gasteiger partial charge in [0.1, 0.15) is 17.2 Å². The zero-order chi connectivity index (χ0) is 26.0. The van der Waals surface area contributed by atoms with Crippen LogP contribution in [0, 0.1) is 0 Å². The Hall–Kier alpha value is -2.91. The topological polar surface area (TPSA) is 57.4 Å². The molecule has 5 nitrogen and oxygen atoms in total. The summed E-state index contributed by atoms with van der Waals surface area (Å²) in [5.74, 6) is 0.687. The van der Waals surface area contributed by atoms with Gasteiger partial charge >= 0.3 is 6.36 Å². The van der Waals surface area contributed by atoms with E-state index in [1.807, 2.05) is 17.4 Å². The molecule has 0 amide bonds. The van der Waals surface area contributed by atoms with Gasteiger partial charge in [0.2, 0.25) is 0 Å². The maximum absolute atomic E-state index is 13.1. The highest BCUT2D eigenvalue weighted by Crippen LogP contribution is 2.56. The van der Waals surface area contributed by atoms with Crippen LogP contribution in [-0.2, 0) is 16.8 Å². The predicted molar refractivity (Wildman–Crippen MR) is 137 cm³/mol. The molecule has 0 unspecified atom stereocenters. The van der Waals surface area contributed by atoms with E-state index in [4.69, 9.17) is 14.2 Å². The first-order chi connectivity index (χ1) is 18.3. The molecule has 8 rings (SSSR count). The van der Waals surface area contributed by atoms with Crippen LogP contribution in [0.3, 0.4) is 0 Å². The van der Waals surface area contributed by atoms with Crippen molar-refractivity contribution in [3.63, 3.8) is 0 Å². The van der Waals surface area contributed by atoms with Crippen molar-refractivity contribution in [1.29, 1.82) is 0 Å². The molecule has 0 radical (unpaired) electrons. The lowest BCUT2D eigenvalue weighted by atomic mass is 9.59. The summed E-state index contributed by atoms with van der Waals surface area (Å²) in [5.41, 5.74) is 2.33. The van der Waals surface area contributed by atoms with Gasteiger partial charge in [-0.2, -0.15) is 0 Å². The van der Waals surface area contributed by atoms with Crippen molar-refractivity contribution in [2.75, 3.05) is 0 Å². The highest BCUT2D eigenvalue weighted by molar-refractivity contribution is 7.18. The molecule has 0 spiro atoms. The Morgan fingerprint density at radius 3 is 2.37 bits per heavy atom. The average molecular weight is 541 g/mol. The molecular formula is C29H27F3N2O3S. The van der Waals surface area contributed by atoms with Crippen LogP contribution in [0.15, 0.2) is 53.1 Å². The first-order valence-electron chi connectivity index (χ1n) is 13.2. The van der Waals surface area contributed by atoms with Crippen LogP contribution in [0.2, 0.25) is 0 Å². The molecular weight excluding hydrogens is 513 g/mol. The number of hydrogen-bond acceptors (Lipinski definition) is 6. The quantitative estimate of drug-likeness (QED) is 0.236. The lowest BCUT2D eigenvalue weighted by molar-refractivity contribution is -0.274. The number of rotatable bonds is 7. The molecule has 38 heavy (non-hydrogen) atoms. The van der Waals surface area contributed by atoms with Gasteiger partial charge in [0.15, 0.2) is 0 Å². The van der Waals surface area contributed by atoms with E-state index in [0.717, 1.165) is 68.2 Å². The summed E-state index contributed by atoms with van der Waals surface area (Å²) >= 11 is 1.81. The second kappa shape index (κ2) is 8.81. The van der Waals surface area contributed by atoms with E-state index in [1.165, 1.54) is 21.8 Å². The fourth-order valence-corrected chi connectivity index (χ4v) is 7.47. The molecule has 4 aromatic rings. The van der Waals surface area contributed by atoms with E-state index < -0.39 is 6.36 Å². The number of alkyl halides is 3. The Labute approximate surface area is 222 Å². The van der Waals surface area contributed by atoms with E-state index in [1.54, 1.807) is 12.1 Å². The minimum Gasteiger partial charge on any atom is -0.405 e. The van der Waals surface area contributed by atoms with Crippen molar-refractivity contribution in [3.05, 3.63) is 64.9 Å². The number of para-hydroxylation sites is 2. The summed E-state index contributed by atoms with van der Waals surface area (Å²) in [6.07, 6.45) is 3.08. The van der Waals surface area contributed by atoms with Crippen LogP contribution >= 0.6 is 11.3 Å². The smallest absolute Gasteiger partial charge is 0.405 e. The second-order valence-corrected chi connectivity index (χ2v) is 12.0. The van der Waals surface area contributed by atoms with E-state index in [0.29, 0.717) is 5.69 Å². The lowest BCUT2D eigenvalue weighted by Gasteiger charge is -2.52. The maximum atomic E-state index is 13.1. The number of thiazole rings is 1. The van der Waals surface area contributed by atoms with Crippen molar-refractivity contribution in [2.45, 2.75) is 81.3 Å². The normalized spacial score (nSPS) is 25.2. The zero-order valence-corrected chi connectivity index (χ0v) is 21.5. The van der Waals surface area contributed by atoms with Gasteiger partial charge in [-0.15, -0.1) is 24.5 Å². The second-order valence-electron chi connectivity index (χ2n) is 10.9. The summed E-state index contributed by atoms with van der Waals surface area (Å²) in [5, 5.41) is 5.46. The third-order valence-corrected chi connectivity index (χ3v) is 9.87. The van der Waals surface area contributed by atoms with Crippen LogP contribution in [-0.4, -0.2) is 22.1 Å². The van der Waals surface area contributed by atoms with Gasteiger partial charge in [-0.1, -0.05) is 29.4 Å². The van der Waals surface area contributed by atoms with Crippen molar-refractivity contribution < 1.29 is 27.2 Å². The van der Waals surface area contributed by atoms with E-state index in [2.05, 4.69) is 28.1 Å². The van der Waals surface area contributed by atoms with Crippen LogP contribution in [0.1, 0.15) is 73.6 Å². The first kappa shape index (κ1) is 24.2. The molecule has 2 heterocycles. The molecule has 4 fully saturated rings. The Kier molecular flexibility index (Phi) is 5.60. The summed E-state index contributed by atoms with van der Waals surface area (Å²) in [7, 11) is 0. The number of nitrogens with zero attached hydrogens (tertiary/aromatic N) is 2. The van der Waals surface area contributed by atoms with Gasteiger partial charge in [-0.25, -0.2) is 4.98 Å². The third-order valence-electron chi connectivity index (χ3n) is 8.58. The first-order valence-corrected chi connectivity index (χ1v) is 14.0. The Bertz CT molecular complexity index is 1430. The predicted octanol–water partition coefficient (Wildman–Crippen LogP) is 8.29. The van der Waals surface area contributed by atoms with Crippen LogP contribution < -0.4 is 4.74 Å². The Morgan fingerprint density at radius 1 is 0.947 bits per heavy atom. The Balaban J connectivity index is 1.13. The standard InChI is InChI=1S/C29H27F3N2O3S/c30-29(31,32)36-22-7-3-1-5-19(22)24-20(25(37-34-24)18-9-10-18)17-35-28-14-11-27(12-15-28,13-16-28)26-33-21-6-2-4-8-23(21)38-26/h1-8,18H,9-17H2. The molecule has 9 heteroatoms. The van der Waals surface area contributed by atoms with Crippen molar-refractivity contribution in [3.8, 4) is 17.0 Å². The SMILES string of the molecule is FC(F)(F)Oc1ccccc1-c1noc(C2CC2)c1COC12CCC(c3nc4ccccc4s3)(CC1)CC2. The summed E-state index contributed by atoms with van der Waals surface area (Å²) in [4.78, 5) is 5.00. The highest BCUT2D eigenvalue weighted by Gasteiger charge is 2.51. The molecule has 0 saturated heterocycles. The van der Waals surface area contributed by atoms with Gasteiger partial charge < -0.3 is 14.0 Å². The van der Waals surface area contributed by atoms with E-state index in [9.17, 15) is 13.2 Å². The fourth-order valence-electron chi connectivity index (χ4n) is 6.23. The largest absolute Gasteiger partial charge is 0.573 e. The molecule has 4 saturated carbocycles. The minimum atomic E-state index is -4.80. The third kappa shape index (κ3) is 4.29. The Morgan fingerprint density at radius 2 is 1.66 bits per heavy atom. The number of halogens is 3. The molecule has 198 valence electrons. The molecule has 0 N–H and O–H groups in total. The highest BCUT2D eigenvalue weighted by atomic mass is 32.1. The van der Waals surface area contributed by atoms with Gasteiger partial charge in [0.05, 0.1) is 27.4 Å². The van der Waals surface area contributed by atoms with Crippen molar-refractivity contribution in [2.24, 2.45) is 0 Å². The van der Waals surface area contributed by atoms with Gasteiger partial charge in [-0.3, -0.25) is 0 Å². The van der Waals surface area contributed by atoms with Crippen LogP contribution in [0.25, 0.3) is 21.5 Å². The zero-order valence-electron chi connectivity index (χ0n) is 20.7. The van der Waals surface area contributed by atoms with Crippen LogP contribution in [0.5, 0.6) is 5.75 Å². The fraction of sp³-hybridized carbons (Fsp3) is 0.448. The van der Waals surface area contributed by atoms with Gasteiger partial charge in [0.25, 0.3) is 0 Å². The monoisotopic (exact) mass is 540 g/mol. The number of benzene rings is 2. The lowest BCUT2D eigenvalue weighted by Crippen LogP contribution is -2.49. The summed E-state index contributed by atoms with van der Waals surface area (Å²) in [6, 6.07) is 14.4. The molecule has 0 aliphatic heterocycles. The number of aromatic nitrogens is 2. The molecule has 4 aliphatic carbocycles. The average Bonchev–Trinajstić information content (AvgIpc) is 3.51. The molecule has 2 aromatic heterocycles. The number of hydrogen-bond donors (Lipinski definition) is 0. The molecule has 4 aliphatic rings. The number of ether oxygens (including phenoxy) is 2. The van der Waals surface area contributed by atoms with Crippen LogP contribution in [0.4, 0.5) is 13.2 Å². The van der Waals surface area contributed by atoms with Crippen molar-refractivity contribution in [1.82, 2.24) is 10.1 Å². The molecule has 2 aromatic carbocycles. The van der Waals surface area contributed by atoms with Gasteiger partial charge in [0, 0.05) is 22.5 Å². The molecule has 0 atom stereocenters. The summed E-state index contributed by atoms with van der Waals surface area (Å²) < 4.78 is 57.2. The summed E-state index contributed by atoms with van der Waals surface area (Å²) in [6.45, 7) is 0.263. The maximum Gasteiger partial charge on any atom is 0.573 e.